The molecule has 1 aromatic carbocycles. The number of nitrogens with one attached hydrogen (secondary N) is 1. The van der Waals surface area contributed by atoms with Gasteiger partial charge in [0, 0.05) is 37.5 Å². The van der Waals surface area contributed by atoms with Crippen LogP contribution in [0.1, 0.15) is 23.2 Å². The van der Waals surface area contributed by atoms with E-state index in [-0.39, 0.29) is 5.91 Å². The van der Waals surface area contributed by atoms with E-state index in [1.807, 2.05) is 35.4 Å². The minimum absolute atomic E-state index is 0.127. The molecule has 20 heavy (non-hydrogen) atoms. The van der Waals surface area contributed by atoms with Crippen molar-refractivity contribution in [2.45, 2.75) is 12.8 Å². The number of methoxy groups -OCH3 is 1. The summed E-state index contributed by atoms with van der Waals surface area (Å²) < 4.78 is 5.22. The largest absolute Gasteiger partial charge is 0.384 e. The van der Waals surface area contributed by atoms with Crippen molar-refractivity contribution in [1.82, 2.24) is 9.88 Å². The van der Waals surface area contributed by atoms with Gasteiger partial charge >= 0.3 is 0 Å². The lowest BCUT2D eigenvalue weighted by Crippen LogP contribution is -2.41. The van der Waals surface area contributed by atoms with Crippen molar-refractivity contribution in [3.63, 3.8) is 0 Å². The average Bonchev–Trinajstić information content (AvgIpc) is 2.94. The fourth-order valence-electron chi connectivity index (χ4n) is 2.98. The van der Waals surface area contributed by atoms with Crippen LogP contribution in [0.2, 0.25) is 0 Å². The number of nitrogens with zero attached hydrogens (tertiary/aromatic N) is 1. The topological polar surface area (TPSA) is 45.3 Å². The minimum atomic E-state index is 0.127. The first-order chi connectivity index (χ1) is 9.78. The Bertz CT molecular complexity index is 603. The molecule has 1 N–H and O–H groups in total. The van der Waals surface area contributed by atoms with Gasteiger partial charge in [-0.3, -0.25) is 4.79 Å². The zero-order valence-corrected chi connectivity index (χ0v) is 11.8. The van der Waals surface area contributed by atoms with Gasteiger partial charge in [-0.1, -0.05) is 6.07 Å². The third kappa shape index (κ3) is 2.56. The van der Waals surface area contributed by atoms with Crippen LogP contribution in [0.15, 0.2) is 30.5 Å². The average molecular weight is 272 g/mol. The molecule has 1 aliphatic heterocycles. The number of likely N-dealkylation sites (tertiary alicyclic amines) is 1. The molecule has 1 aromatic heterocycles. The third-order valence-electron chi connectivity index (χ3n) is 4.01. The van der Waals surface area contributed by atoms with Gasteiger partial charge in [-0.15, -0.1) is 0 Å². The molecule has 0 spiro atoms. The molecule has 106 valence electrons. The van der Waals surface area contributed by atoms with Gasteiger partial charge in [0.25, 0.3) is 5.91 Å². The molecule has 1 amide bonds. The van der Waals surface area contributed by atoms with Crippen LogP contribution in [0.5, 0.6) is 0 Å². The van der Waals surface area contributed by atoms with E-state index in [1.54, 1.807) is 7.11 Å². The summed E-state index contributed by atoms with van der Waals surface area (Å²) in [5.74, 6) is 0.592. The van der Waals surface area contributed by atoms with Crippen LogP contribution in [-0.2, 0) is 4.74 Å². The number of amides is 1. The van der Waals surface area contributed by atoms with Gasteiger partial charge in [0.05, 0.1) is 6.61 Å². The lowest BCUT2D eigenvalue weighted by Gasteiger charge is -2.32. The molecule has 2 aromatic rings. The predicted octanol–water partition coefficient (Wildman–Crippen LogP) is 2.67. The molecule has 1 saturated heterocycles. The fourth-order valence-corrected chi connectivity index (χ4v) is 2.98. The molecular formula is C16H20N2O2. The molecule has 0 aliphatic carbocycles. The summed E-state index contributed by atoms with van der Waals surface area (Å²) in [5, 5.41) is 1.14. The third-order valence-corrected chi connectivity index (χ3v) is 4.01. The van der Waals surface area contributed by atoms with E-state index >= 15 is 0 Å². The summed E-state index contributed by atoms with van der Waals surface area (Å²) in [6.07, 6.45) is 4.10. The molecule has 0 radical (unpaired) electrons. The molecule has 1 aliphatic rings. The number of piperidine rings is 1. The Labute approximate surface area is 118 Å². The van der Waals surface area contributed by atoms with E-state index in [2.05, 4.69) is 4.98 Å². The molecule has 0 saturated carbocycles. The zero-order chi connectivity index (χ0) is 13.9. The van der Waals surface area contributed by atoms with Gasteiger partial charge < -0.3 is 14.6 Å². The number of benzene rings is 1. The Morgan fingerprint density at radius 3 is 3.20 bits per heavy atom. The monoisotopic (exact) mass is 272 g/mol. The van der Waals surface area contributed by atoms with Crippen LogP contribution >= 0.6 is 0 Å². The van der Waals surface area contributed by atoms with Crippen LogP contribution in [0.3, 0.4) is 0 Å². The van der Waals surface area contributed by atoms with Crippen molar-refractivity contribution in [3.8, 4) is 0 Å². The van der Waals surface area contributed by atoms with Crippen LogP contribution in [0.25, 0.3) is 10.9 Å². The second-order valence-electron chi connectivity index (χ2n) is 5.49. The van der Waals surface area contributed by atoms with Gasteiger partial charge in [0.2, 0.25) is 0 Å². The van der Waals surface area contributed by atoms with Crippen molar-refractivity contribution < 1.29 is 9.53 Å². The molecule has 3 rings (SSSR count). The van der Waals surface area contributed by atoms with E-state index in [0.717, 1.165) is 49.0 Å². The molecule has 4 nitrogen and oxygen atoms in total. The molecule has 0 unspecified atom stereocenters. The summed E-state index contributed by atoms with van der Waals surface area (Å²) in [6.45, 7) is 2.39. The smallest absolute Gasteiger partial charge is 0.253 e. The van der Waals surface area contributed by atoms with Gasteiger partial charge in [0.1, 0.15) is 0 Å². The first kappa shape index (κ1) is 13.2. The summed E-state index contributed by atoms with van der Waals surface area (Å²) in [6, 6.07) is 7.87. The number of carbonyl (C=O) groups is 1. The minimum Gasteiger partial charge on any atom is -0.384 e. The van der Waals surface area contributed by atoms with Crippen LogP contribution in [0, 0.1) is 5.92 Å². The maximum absolute atomic E-state index is 12.6. The Morgan fingerprint density at radius 1 is 1.45 bits per heavy atom. The summed E-state index contributed by atoms with van der Waals surface area (Å²) in [7, 11) is 1.72. The molecule has 2 heterocycles. The summed E-state index contributed by atoms with van der Waals surface area (Å²) in [4.78, 5) is 17.7. The SMILES string of the molecule is COC[C@H]1CCCN(C(=O)c2ccc3cc[nH]c3c2)C1. The first-order valence-corrected chi connectivity index (χ1v) is 7.13. The van der Waals surface area contributed by atoms with Gasteiger partial charge in [-0.2, -0.15) is 0 Å². The Morgan fingerprint density at radius 2 is 2.35 bits per heavy atom. The maximum Gasteiger partial charge on any atom is 0.253 e. The quantitative estimate of drug-likeness (QED) is 0.933. The maximum atomic E-state index is 12.6. The van der Waals surface area contributed by atoms with Crippen molar-refractivity contribution in [3.05, 3.63) is 36.0 Å². The molecular weight excluding hydrogens is 252 g/mol. The summed E-state index contributed by atoms with van der Waals surface area (Å²) >= 11 is 0. The van der Waals surface area contributed by atoms with E-state index in [4.69, 9.17) is 4.74 Å². The molecule has 1 atom stereocenters. The fraction of sp³-hybridized carbons (Fsp3) is 0.438. The number of fused-ring (bicyclic) bond motifs is 1. The molecule has 0 bridgehead atoms. The van der Waals surface area contributed by atoms with Gasteiger partial charge in [0.15, 0.2) is 0 Å². The van der Waals surface area contributed by atoms with Crippen LogP contribution < -0.4 is 0 Å². The Kier molecular flexibility index (Phi) is 3.74. The van der Waals surface area contributed by atoms with Gasteiger partial charge in [-0.05, 0) is 42.3 Å². The first-order valence-electron chi connectivity index (χ1n) is 7.13. The number of ether oxygens (including phenoxy) is 1. The van der Waals surface area contributed by atoms with E-state index < -0.39 is 0 Å². The number of hydrogen-bond donors (Lipinski definition) is 1. The molecule has 4 heteroatoms. The Hall–Kier alpha value is -1.81. The highest BCUT2D eigenvalue weighted by atomic mass is 16.5. The van der Waals surface area contributed by atoms with Crippen molar-refractivity contribution >= 4 is 16.8 Å². The Balaban J connectivity index is 1.77. The van der Waals surface area contributed by atoms with Crippen molar-refractivity contribution in [2.24, 2.45) is 5.92 Å². The number of hydrogen-bond acceptors (Lipinski definition) is 2. The van der Waals surface area contributed by atoms with E-state index in [9.17, 15) is 4.79 Å². The number of aromatic nitrogens is 1. The number of H-pyrrole nitrogens is 1. The van der Waals surface area contributed by atoms with Crippen molar-refractivity contribution in [2.75, 3.05) is 26.8 Å². The van der Waals surface area contributed by atoms with Gasteiger partial charge in [-0.25, -0.2) is 0 Å². The summed E-state index contributed by atoms with van der Waals surface area (Å²) in [5.41, 5.74) is 1.78. The van der Waals surface area contributed by atoms with E-state index in [0.29, 0.717) is 5.92 Å². The normalized spacial score (nSPS) is 19.4. The number of carbonyl (C=O) groups excluding carboxylic acids is 1. The predicted molar refractivity (Wildman–Crippen MR) is 78.8 cm³/mol. The lowest BCUT2D eigenvalue weighted by molar-refractivity contribution is 0.0571. The van der Waals surface area contributed by atoms with Crippen LogP contribution in [-0.4, -0.2) is 42.6 Å². The highest BCUT2D eigenvalue weighted by Crippen LogP contribution is 2.20. The number of rotatable bonds is 3. The van der Waals surface area contributed by atoms with E-state index in [1.165, 1.54) is 0 Å². The number of aromatic amines is 1. The highest BCUT2D eigenvalue weighted by Gasteiger charge is 2.24. The second kappa shape index (κ2) is 5.67. The highest BCUT2D eigenvalue weighted by molar-refractivity contribution is 5.98. The molecule has 1 fully saturated rings. The standard InChI is InChI=1S/C16H20N2O2/c1-20-11-12-3-2-8-18(10-12)16(19)14-5-4-13-6-7-17-15(13)9-14/h4-7,9,12,17H,2-3,8,10-11H2,1H3/t12-/m0/s1. The van der Waals surface area contributed by atoms with Crippen molar-refractivity contribution in [1.29, 1.82) is 0 Å². The lowest BCUT2D eigenvalue weighted by atomic mass is 9.98. The zero-order valence-electron chi connectivity index (χ0n) is 11.8. The van der Waals surface area contributed by atoms with Crippen LogP contribution in [0.4, 0.5) is 0 Å². The second-order valence-corrected chi connectivity index (χ2v) is 5.49.